The molecule has 1 aromatic carbocycles. The number of amides is 2. The number of nitrogen functional groups attached to an aromatic ring is 1. The highest BCUT2D eigenvalue weighted by molar-refractivity contribution is 6.31. The quantitative estimate of drug-likeness (QED) is 0.292. The molecule has 1 fully saturated rings. The van der Waals surface area contributed by atoms with E-state index in [-0.39, 0.29) is 6.03 Å². The summed E-state index contributed by atoms with van der Waals surface area (Å²) in [6.45, 7) is 3.40. The summed E-state index contributed by atoms with van der Waals surface area (Å²) in [4.78, 5) is 22.6. The maximum atomic E-state index is 12.1. The van der Waals surface area contributed by atoms with Gasteiger partial charge in [-0.15, -0.1) is 0 Å². The number of carbonyl (C=O) groups is 1. The lowest BCUT2D eigenvalue weighted by molar-refractivity contribution is -0.0421. The fourth-order valence-electron chi connectivity index (χ4n) is 4.04. The summed E-state index contributed by atoms with van der Waals surface area (Å²) in [5, 5.41) is 27.3. The molecular weight excluding hydrogens is 474 g/mol. The number of nitrogens with one attached hydrogen (secondary N) is 2. The van der Waals surface area contributed by atoms with Gasteiger partial charge in [0.15, 0.2) is 11.9 Å². The molecule has 4 atom stereocenters. The van der Waals surface area contributed by atoms with Crippen molar-refractivity contribution in [1.82, 2.24) is 24.8 Å². The number of imidazole rings is 1. The number of aliphatic hydroxyl groups excluding tert-OH is 2. The third kappa shape index (κ3) is 5.65. The van der Waals surface area contributed by atoms with Crippen molar-refractivity contribution >= 4 is 40.2 Å². The van der Waals surface area contributed by atoms with Crippen molar-refractivity contribution in [2.45, 2.75) is 37.9 Å². The fourth-order valence-corrected chi connectivity index (χ4v) is 4.23. The first-order chi connectivity index (χ1) is 16.7. The molecule has 0 aliphatic carbocycles. The molecule has 12 heteroatoms. The predicted octanol–water partition coefficient (Wildman–Crippen LogP) is 1.74. The van der Waals surface area contributed by atoms with E-state index in [9.17, 15) is 15.0 Å². The Bertz CT molecular complexity index is 1190. The number of urea groups is 1. The number of fused-ring (bicyclic) bond motifs is 1. The second-order valence-corrected chi connectivity index (χ2v) is 9.14. The number of rotatable bonds is 8. The van der Waals surface area contributed by atoms with Crippen LogP contribution in [0.5, 0.6) is 0 Å². The first kappa shape index (κ1) is 25.1. The van der Waals surface area contributed by atoms with Crippen molar-refractivity contribution in [3.8, 4) is 0 Å². The molecule has 1 aliphatic rings. The molecule has 188 valence electrons. The van der Waals surface area contributed by atoms with Gasteiger partial charge in [-0.2, -0.15) is 0 Å². The minimum Gasteiger partial charge on any atom is -0.397 e. The lowest BCUT2D eigenvalue weighted by Gasteiger charge is -2.22. The van der Waals surface area contributed by atoms with Crippen LogP contribution in [0.4, 0.5) is 16.2 Å². The van der Waals surface area contributed by atoms with Gasteiger partial charge in [-0.25, -0.2) is 14.8 Å². The van der Waals surface area contributed by atoms with E-state index in [1.165, 1.54) is 6.33 Å². The van der Waals surface area contributed by atoms with E-state index in [4.69, 9.17) is 22.1 Å². The highest BCUT2D eigenvalue weighted by Crippen LogP contribution is 2.32. The Morgan fingerprint density at radius 2 is 2.09 bits per heavy atom. The highest BCUT2D eigenvalue weighted by atomic mass is 35.5. The number of anilines is 2. The first-order valence-corrected chi connectivity index (χ1v) is 11.7. The number of pyridine rings is 1. The average Bonchev–Trinajstić information content (AvgIpc) is 3.37. The zero-order valence-corrected chi connectivity index (χ0v) is 20.3. The SMILES string of the molecule is Cc1ccc(NC(=O)NCCCN(C)C[C@H]2O[C@@H](n3cnc4c(N)ccnc43)[C@H](O)[C@@H]2O)cc1Cl. The monoisotopic (exact) mass is 503 g/mol. The normalized spacial score (nSPS) is 22.1. The van der Waals surface area contributed by atoms with Crippen LogP contribution in [0.1, 0.15) is 18.2 Å². The number of nitrogens with zero attached hydrogens (tertiary/aromatic N) is 4. The van der Waals surface area contributed by atoms with Crippen LogP contribution in [0.3, 0.4) is 0 Å². The van der Waals surface area contributed by atoms with Crippen molar-refractivity contribution in [3.63, 3.8) is 0 Å². The van der Waals surface area contributed by atoms with Crippen LogP contribution < -0.4 is 16.4 Å². The number of aromatic nitrogens is 3. The van der Waals surface area contributed by atoms with E-state index in [1.807, 2.05) is 24.9 Å². The number of carbonyl (C=O) groups excluding carboxylic acids is 1. The smallest absolute Gasteiger partial charge is 0.319 e. The van der Waals surface area contributed by atoms with Gasteiger partial charge in [0.1, 0.15) is 23.8 Å². The molecule has 0 radical (unpaired) electrons. The van der Waals surface area contributed by atoms with Crippen LogP contribution in [0, 0.1) is 6.92 Å². The van der Waals surface area contributed by atoms with E-state index in [2.05, 4.69) is 20.6 Å². The van der Waals surface area contributed by atoms with E-state index >= 15 is 0 Å². The van der Waals surface area contributed by atoms with Gasteiger partial charge >= 0.3 is 6.03 Å². The molecule has 1 saturated heterocycles. The number of hydrogen-bond donors (Lipinski definition) is 5. The van der Waals surface area contributed by atoms with Crippen LogP contribution in [0.15, 0.2) is 36.8 Å². The Balaban J connectivity index is 1.23. The van der Waals surface area contributed by atoms with Crippen molar-refractivity contribution < 1.29 is 19.7 Å². The third-order valence-electron chi connectivity index (χ3n) is 6.03. The van der Waals surface area contributed by atoms with Gasteiger partial charge < -0.3 is 36.2 Å². The Kier molecular flexibility index (Phi) is 7.72. The molecule has 2 aromatic heterocycles. The number of benzene rings is 1. The summed E-state index contributed by atoms with van der Waals surface area (Å²) in [6.07, 6.45) is 0.0821. The first-order valence-electron chi connectivity index (χ1n) is 11.3. The molecule has 11 nitrogen and oxygen atoms in total. The third-order valence-corrected chi connectivity index (χ3v) is 6.43. The molecule has 6 N–H and O–H groups in total. The summed E-state index contributed by atoms with van der Waals surface area (Å²) in [5.41, 5.74) is 8.97. The number of aryl methyl sites for hydroxylation is 1. The van der Waals surface area contributed by atoms with Crippen molar-refractivity contribution in [3.05, 3.63) is 47.4 Å². The van der Waals surface area contributed by atoms with Gasteiger partial charge in [0.2, 0.25) is 0 Å². The molecule has 3 aromatic rings. The van der Waals surface area contributed by atoms with Crippen molar-refractivity contribution in [2.75, 3.05) is 37.7 Å². The predicted molar refractivity (Wildman–Crippen MR) is 133 cm³/mol. The molecule has 0 unspecified atom stereocenters. The summed E-state index contributed by atoms with van der Waals surface area (Å²) in [5.74, 6) is 0. The van der Waals surface area contributed by atoms with Crippen LogP contribution in [0.25, 0.3) is 11.2 Å². The minimum atomic E-state index is -1.14. The van der Waals surface area contributed by atoms with Gasteiger partial charge in [-0.05, 0) is 50.7 Å². The Morgan fingerprint density at radius 1 is 1.29 bits per heavy atom. The summed E-state index contributed by atoms with van der Waals surface area (Å²) >= 11 is 6.08. The van der Waals surface area contributed by atoms with Crippen LogP contribution >= 0.6 is 11.6 Å². The van der Waals surface area contributed by atoms with Crippen LogP contribution in [0.2, 0.25) is 5.02 Å². The molecule has 4 rings (SSSR count). The number of aliphatic hydroxyl groups is 2. The van der Waals surface area contributed by atoms with E-state index < -0.39 is 24.5 Å². The lowest BCUT2D eigenvalue weighted by atomic mass is 10.1. The number of ether oxygens (including phenoxy) is 1. The van der Waals surface area contributed by atoms with Crippen molar-refractivity contribution in [2.24, 2.45) is 0 Å². The Hall–Kier alpha value is -2.96. The highest BCUT2D eigenvalue weighted by Gasteiger charge is 2.44. The molecule has 35 heavy (non-hydrogen) atoms. The zero-order chi connectivity index (χ0) is 25.1. The van der Waals surface area contributed by atoms with Gasteiger partial charge in [-0.3, -0.25) is 4.57 Å². The second-order valence-electron chi connectivity index (χ2n) is 8.73. The number of hydrogen-bond acceptors (Lipinski definition) is 8. The van der Waals surface area contributed by atoms with E-state index in [0.29, 0.717) is 53.6 Å². The maximum absolute atomic E-state index is 12.1. The standard InChI is InChI=1S/C23H30ClN7O4/c1-13-4-5-14(10-15(13)24)29-23(34)27-7-3-9-30(2)11-17-19(32)20(33)22(35-17)31-12-28-18-16(25)6-8-26-21(18)31/h4-6,8,10,12,17,19-20,22,32-33H,3,7,9,11H2,1-2H3,(H2,25,26)(H2,27,29,34)/t17-,19-,20-,22-/m1/s1. The summed E-state index contributed by atoms with van der Waals surface area (Å²) in [6, 6.07) is 6.68. The number of halogens is 1. The zero-order valence-electron chi connectivity index (χ0n) is 19.6. The van der Waals surface area contributed by atoms with Gasteiger partial charge in [0, 0.05) is 30.0 Å². The number of nitrogens with two attached hydrogens (primary N) is 1. The molecule has 1 aliphatic heterocycles. The topological polar surface area (TPSA) is 151 Å². The van der Waals surface area contributed by atoms with E-state index in [0.717, 1.165) is 5.56 Å². The Morgan fingerprint density at radius 3 is 2.86 bits per heavy atom. The molecule has 3 heterocycles. The lowest BCUT2D eigenvalue weighted by Crippen LogP contribution is -2.39. The summed E-state index contributed by atoms with van der Waals surface area (Å²) in [7, 11) is 1.89. The second kappa shape index (κ2) is 10.8. The largest absolute Gasteiger partial charge is 0.397 e. The van der Waals surface area contributed by atoms with E-state index in [1.54, 1.807) is 29.0 Å². The van der Waals surface area contributed by atoms with Gasteiger partial charge in [-0.1, -0.05) is 17.7 Å². The molecule has 2 amide bonds. The molecule has 0 bridgehead atoms. The fraction of sp³-hybridized carbons (Fsp3) is 0.435. The van der Waals surface area contributed by atoms with Crippen molar-refractivity contribution in [1.29, 1.82) is 0 Å². The number of likely N-dealkylation sites (N-methyl/N-ethyl adjacent to an activating group) is 1. The van der Waals surface area contributed by atoms with Crippen LogP contribution in [-0.2, 0) is 4.74 Å². The Labute approximate surface area is 207 Å². The summed E-state index contributed by atoms with van der Waals surface area (Å²) < 4.78 is 7.57. The molecule has 0 spiro atoms. The van der Waals surface area contributed by atoms with Gasteiger partial charge in [0.25, 0.3) is 0 Å². The maximum Gasteiger partial charge on any atom is 0.319 e. The van der Waals surface area contributed by atoms with Gasteiger partial charge in [0.05, 0.1) is 12.0 Å². The average molecular weight is 504 g/mol. The van der Waals surface area contributed by atoms with Crippen LogP contribution in [-0.4, -0.2) is 80.7 Å². The molecular formula is C23H30ClN7O4. The molecule has 0 saturated carbocycles. The minimum absolute atomic E-state index is 0.310.